The second-order valence-corrected chi connectivity index (χ2v) is 7.85. The highest BCUT2D eigenvalue weighted by atomic mass is 35.5. The number of rotatable bonds is 7. The lowest BCUT2D eigenvalue weighted by molar-refractivity contribution is 0.0983. The molecule has 0 saturated heterocycles. The van der Waals surface area contributed by atoms with Gasteiger partial charge in [0.1, 0.15) is 0 Å². The van der Waals surface area contributed by atoms with E-state index in [1.807, 2.05) is 49.4 Å². The molecule has 28 heavy (non-hydrogen) atoms. The molecule has 2 aromatic carbocycles. The van der Waals surface area contributed by atoms with Gasteiger partial charge in [0.15, 0.2) is 5.13 Å². The van der Waals surface area contributed by atoms with Crippen LogP contribution in [0.5, 0.6) is 0 Å². The van der Waals surface area contributed by atoms with E-state index in [2.05, 4.69) is 18.7 Å². The molecule has 1 aromatic heterocycles. The number of carbonyl (C=O) groups is 1. The molecule has 0 atom stereocenters. The van der Waals surface area contributed by atoms with E-state index in [0.29, 0.717) is 22.3 Å². The number of halogens is 2. The highest BCUT2D eigenvalue weighted by Crippen LogP contribution is 2.31. The summed E-state index contributed by atoms with van der Waals surface area (Å²) in [7, 11) is 0. The number of hydrogen-bond acceptors (Lipinski definition) is 4. The summed E-state index contributed by atoms with van der Waals surface area (Å²) >= 11 is 7.62. The molecule has 0 aliphatic carbocycles. The first-order valence-electron chi connectivity index (χ1n) is 9.19. The van der Waals surface area contributed by atoms with Crippen LogP contribution in [0.1, 0.15) is 29.8 Å². The number of likely N-dealkylation sites (N-methyl/N-ethyl adjacent to an activating group) is 1. The molecule has 4 nitrogen and oxygen atoms in total. The second-order valence-electron chi connectivity index (χ2n) is 6.41. The zero-order valence-electron chi connectivity index (χ0n) is 16.3. The van der Waals surface area contributed by atoms with E-state index < -0.39 is 0 Å². The summed E-state index contributed by atoms with van der Waals surface area (Å²) in [6.07, 6.45) is 0. The topological polar surface area (TPSA) is 36.4 Å². The Hall–Kier alpha value is -1.66. The largest absolute Gasteiger partial charge is 0.302 e. The highest BCUT2D eigenvalue weighted by molar-refractivity contribution is 7.22. The molecule has 1 amide bonds. The van der Waals surface area contributed by atoms with E-state index in [1.54, 1.807) is 4.90 Å². The standard InChI is InChI=1S/C21H24ClN3OS.ClH/c1-4-24(5-2)12-13-25(20(26)17-9-7-6-8-15(17)3)21-23-18-11-10-16(22)14-19(18)27-21;/h6-11,14H,4-5,12-13H2,1-3H3;1H. The fourth-order valence-corrected chi connectivity index (χ4v) is 4.29. The highest BCUT2D eigenvalue weighted by Gasteiger charge is 2.23. The first-order chi connectivity index (χ1) is 13.0. The summed E-state index contributed by atoms with van der Waals surface area (Å²) in [5, 5.41) is 1.39. The number of benzene rings is 2. The van der Waals surface area contributed by atoms with Gasteiger partial charge in [-0.3, -0.25) is 9.69 Å². The van der Waals surface area contributed by atoms with Crippen LogP contribution in [-0.2, 0) is 0 Å². The van der Waals surface area contributed by atoms with E-state index >= 15 is 0 Å². The maximum atomic E-state index is 13.3. The molecule has 3 rings (SSSR count). The molecular formula is C21H25Cl2N3OS. The van der Waals surface area contributed by atoms with Crippen molar-refractivity contribution in [2.45, 2.75) is 20.8 Å². The minimum atomic E-state index is -0.00888. The number of fused-ring (bicyclic) bond motifs is 1. The average molecular weight is 438 g/mol. The van der Waals surface area contributed by atoms with Gasteiger partial charge in [0.2, 0.25) is 0 Å². The molecule has 0 aliphatic heterocycles. The van der Waals surface area contributed by atoms with Gasteiger partial charge in [0, 0.05) is 23.7 Å². The fourth-order valence-electron chi connectivity index (χ4n) is 3.03. The van der Waals surface area contributed by atoms with Crippen LogP contribution >= 0.6 is 35.3 Å². The minimum absolute atomic E-state index is 0. The van der Waals surface area contributed by atoms with Gasteiger partial charge < -0.3 is 4.90 Å². The Kier molecular flexibility index (Phi) is 8.25. The number of nitrogens with zero attached hydrogens (tertiary/aromatic N) is 3. The summed E-state index contributed by atoms with van der Waals surface area (Å²) in [4.78, 5) is 22.2. The minimum Gasteiger partial charge on any atom is -0.302 e. The van der Waals surface area contributed by atoms with Crippen molar-refractivity contribution in [1.82, 2.24) is 9.88 Å². The van der Waals surface area contributed by atoms with Gasteiger partial charge in [0.25, 0.3) is 5.91 Å². The third-order valence-electron chi connectivity index (χ3n) is 4.72. The number of aryl methyl sites for hydroxylation is 1. The van der Waals surface area contributed by atoms with Gasteiger partial charge in [-0.1, -0.05) is 55.0 Å². The monoisotopic (exact) mass is 437 g/mol. The van der Waals surface area contributed by atoms with Gasteiger partial charge in [-0.15, -0.1) is 12.4 Å². The smallest absolute Gasteiger partial charge is 0.260 e. The summed E-state index contributed by atoms with van der Waals surface area (Å²) in [5.74, 6) is -0.00888. The predicted molar refractivity (Wildman–Crippen MR) is 123 cm³/mol. The number of aromatic nitrogens is 1. The lowest BCUT2D eigenvalue weighted by Gasteiger charge is -2.25. The van der Waals surface area contributed by atoms with Gasteiger partial charge in [-0.05, 0) is 49.8 Å². The van der Waals surface area contributed by atoms with E-state index in [-0.39, 0.29) is 18.3 Å². The third-order valence-corrected chi connectivity index (χ3v) is 6.00. The Morgan fingerprint density at radius 2 is 1.82 bits per heavy atom. The molecular weight excluding hydrogens is 413 g/mol. The van der Waals surface area contributed by atoms with Crippen molar-refractivity contribution in [2.24, 2.45) is 0 Å². The van der Waals surface area contributed by atoms with Crippen LogP contribution in [0.4, 0.5) is 5.13 Å². The molecule has 0 bridgehead atoms. The van der Waals surface area contributed by atoms with Crippen molar-refractivity contribution in [2.75, 3.05) is 31.1 Å². The van der Waals surface area contributed by atoms with Gasteiger partial charge in [0.05, 0.1) is 10.2 Å². The van der Waals surface area contributed by atoms with Crippen LogP contribution in [0.2, 0.25) is 5.02 Å². The Morgan fingerprint density at radius 3 is 2.50 bits per heavy atom. The molecule has 0 saturated carbocycles. The van der Waals surface area contributed by atoms with Gasteiger partial charge >= 0.3 is 0 Å². The fraction of sp³-hybridized carbons (Fsp3) is 0.333. The molecule has 0 spiro atoms. The molecule has 3 aromatic rings. The van der Waals surface area contributed by atoms with E-state index in [0.717, 1.165) is 35.4 Å². The molecule has 0 fully saturated rings. The van der Waals surface area contributed by atoms with Crippen molar-refractivity contribution in [3.63, 3.8) is 0 Å². The van der Waals surface area contributed by atoms with Crippen molar-refractivity contribution in [3.8, 4) is 0 Å². The lowest BCUT2D eigenvalue weighted by atomic mass is 10.1. The summed E-state index contributed by atoms with van der Waals surface area (Å²) in [6, 6.07) is 13.3. The number of hydrogen-bond donors (Lipinski definition) is 0. The van der Waals surface area contributed by atoms with Crippen LogP contribution in [-0.4, -0.2) is 42.0 Å². The Bertz CT molecular complexity index is 940. The first-order valence-corrected chi connectivity index (χ1v) is 10.4. The van der Waals surface area contributed by atoms with Crippen molar-refractivity contribution >= 4 is 56.6 Å². The number of carbonyl (C=O) groups excluding carboxylic acids is 1. The quantitative estimate of drug-likeness (QED) is 0.477. The van der Waals surface area contributed by atoms with Crippen LogP contribution < -0.4 is 4.90 Å². The molecule has 0 aliphatic rings. The Balaban J connectivity index is 0.00000280. The van der Waals surface area contributed by atoms with Crippen LogP contribution in [0.25, 0.3) is 10.2 Å². The molecule has 1 heterocycles. The molecule has 7 heteroatoms. The molecule has 150 valence electrons. The average Bonchev–Trinajstić information content (AvgIpc) is 3.08. The molecule has 0 N–H and O–H groups in total. The number of amides is 1. The van der Waals surface area contributed by atoms with Crippen molar-refractivity contribution < 1.29 is 4.79 Å². The zero-order valence-corrected chi connectivity index (χ0v) is 18.7. The van der Waals surface area contributed by atoms with Gasteiger partial charge in [-0.2, -0.15) is 0 Å². The van der Waals surface area contributed by atoms with E-state index in [4.69, 9.17) is 16.6 Å². The van der Waals surface area contributed by atoms with Crippen LogP contribution in [0.3, 0.4) is 0 Å². The maximum absolute atomic E-state index is 13.3. The normalized spacial score (nSPS) is 10.9. The number of thiazole rings is 1. The lowest BCUT2D eigenvalue weighted by Crippen LogP contribution is -2.39. The predicted octanol–water partition coefficient (Wildman–Crippen LogP) is 5.67. The third kappa shape index (κ3) is 5.03. The Labute approximate surface area is 181 Å². The van der Waals surface area contributed by atoms with Crippen LogP contribution in [0, 0.1) is 6.92 Å². The number of anilines is 1. The van der Waals surface area contributed by atoms with Crippen LogP contribution in [0.15, 0.2) is 42.5 Å². The summed E-state index contributed by atoms with van der Waals surface area (Å²) in [5.41, 5.74) is 2.55. The molecule has 0 radical (unpaired) electrons. The zero-order chi connectivity index (χ0) is 19.4. The first kappa shape index (κ1) is 22.6. The van der Waals surface area contributed by atoms with E-state index in [9.17, 15) is 4.79 Å². The maximum Gasteiger partial charge on any atom is 0.260 e. The summed E-state index contributed by atoms with van der Waals surface area (Å²) < 4.78 is 0.989. The summed E-state index contributed by atoms with van der Waals surface area (Å²) in [6.45, 7) is 9.56. The molecule has 0 unspecified atom stereocenters. The second kappa shape index (κ2) is 10.2. The SMILES string of the molecule is CCN(CC)CCN(C(=O)c1ccccc1C)c1nc2ccc(Cl)cc2s1.Cl. The van der Waals surface area contributed by atoms with Gasteiger partial charge in [-0.25, -0.2) is 4.98 Å². The van der Waals surface area contributed by atoms with E-state index in [1.165, 1.54) is 11.3 Å². The van der Waals surface area contributed by atoms with Crippen molar-refractivity contribution in [3.05, 3.63) is 58.6 Å². The Morgan fingerprint density at radius 1 is 1.11 bits per heavy atom. The van der Waals surface area contributed by atoms with Crippen molar-refractivity contribution in [1.29, 1.82) is 0 Å².